The van der Waals surface area contributed by atoms with Gasteiger partial charge in [0.1, 0.15) is 0 Å². The molecule has 0 radical (unpaired) electrons. The summed E-state index contributed by atoms with van der Waals surface area (Å²) in [5.41, 5.74) is 0.360. The Morgan fingerprint density at radius 1 is 1.00 bits per heavy atom. The van der Waals surface area contributed by atoms with Crippen LogP contribution in [0, 0.1) is 17.3 Å². The first-order valence-corrected chi connectivity index (χ1v) is 15.4. The Bertz CT molecular complexity index is 776. The second-order valence-electron chi connectivity index (χ2n) is 11.1. The third-order valence-electron chi connectivity index (χ3n) is 7.92. The summed E-state index contributed by atoms with van der Waals surface area (Å²) >= 11 is 2.56. The lowest BCUT2D eigenvalue weighted by Gasteiger charge is -2.50. The van der Waals surface area contributed by atoms with E-state index in [1.54, 1.807) is 0 Å². The Labute approximate surface area is 205 Å². The predicted octanol–water partition coefficient (Wildman–Crippen LogP) is 7.22. The van der Waals surface area contributed by atoms with Gasteiger partial charge in [-0.25, -0.2) is 0 Å². The van der Waals surface area contributed by atoms with Crippen LogP contribution in [0.2, 0.25) is 5.04 Å². The van der Waals surface area contributed by atoms with Crippen LogP contribution in [0.1, 0.15) is 67.2 Å². The van der Waals surface area contributed by atoms with Crippen molar-refractivity contribution in [1.29, 1.82) is 0 Å². The highest BCUT2D eigenvalue weighted by molar-refractivity contribution is 14.1. The van der Waals surface area contributed by atoms with E-state index in [1.165, 1.54) is 40.5 Å². The lowest BCUT2D eigenvalue weighted by molar-refractivity contribution is 0.0199. The van der Waals surface area contributed by atoms with Gasteiger partial charge in [0.2, 0.25) is 0 Å². The minimum Gasteiger partial charge on any atom is -0.404 e. The predicted molar refractivity (Wildman–Crippen MR) is 146 cm³/mol. The van der Waals surface area contributed by atoms with E-state index >= 15 is 0 Å². The molecule has 4 atom stereocenters. The van der Waals surface area contributed by atoms with E-state index < -0.39 is 8.32 Å². The smallest absolute Gasteiger partial charge is 0.261 e. The molecule has 0 heterocycles. The molecule has 3 rings (SSSR count). The highest BCUT2D eigenvalue weighted by Crippen LogP contribution is 2.48. The second kappa shape index (κ2) is 10.1. The zero-order valence-corrected chi connectivity index (χ0v) is 23.5. The molecule has 170 valence electrons. The maximum Gasteiger partial charge on any atom is 0.261 e. The molecule has 0 unspecified atom stereocenters. The molecule has 1 aliphatic carbocycles. The lowest BCUT2D eigenvalue weighted by Crippen LogP contribution is -2.68. The number of halogens is 1. The van der Waals surface area contributed by atoms with Crippen LogP contribution < -0.4 is 10.4 Å². The van der Waals surface area contributed by atoms with Gasteiger partial charge in [-0.3, -0.25) is 0 Å². The monoisotopic (exact) mass is 548 g/mol. The van der Waals surface area contributed by atoms with Gasteiger partial charge in [-0.1, -0.05) is 131 Å². The van der Waals surface area contributed by atoms with Crippen molar-refractivity contribution in [3.8, 4) is 0 Å². The van der Waals surface area contributed by atoms with Gasteiger partial charge in [0.15, 0.2) is 0 Å². The number of hydrogen-bond acceptors (Lipinski definition) is 1. The fourth-order valence-corrected chi connectivity index (χ4v) is 11.2. The van der Waals surface area contributed by atoms with Crippen LogP contribution >= 0.6 is 22.6 Å². The van der Waals surface area contributed by atoms with Crippen molar-refractivity contribution in [2.45, 2.75) is 78.4 Å². The fraction of sp³-hybridized carbons (Fsp3) is 0.571. The normalized spacial score (nSPS) is 24.5. The summed E-state index contributed by atoms with van der Waals surface area (Å²) in [5, 5.41) is 2.84. The zero-order chi connectivity index (χ0) is 22.7. The molecule has 31 heavy (non-hydrogen) atoms. The highest BCUT2D eigenvalue weighted by atomic mass is 127. The van der Waals surface area contributed by atoms with Gasteiger partial charge in [-0.2, -0.15) is 0 Å². The summed E-state index contributed by atoms with van der Waals surface area (Å²) in [6.07, 6.45) is 5.30. The van der Waals surface area contributed by atoms with Gasteiger partial charge >= 0.3 is 0 Å². The molecule has 0 bridgehead atoms. The second-order valence-corrected chi connectivity index (χ2v) is 16.2. The summed E-state index contributed by atoms with van der Waals surface area (Å²) in [6, 6.07) is 22.2. The van der Waals surface area contributed by atoms with E-state index in [9.17, 15) is 0 Å². The van der Waals surface area contributed by atoms with Crippen LogP contribution in [0.15, 0.2) is 60.7 Å². The molecule has 1 nitrogen and oxygen atoms in total. The Kier molecular flexibility index (Phi) is 8.13. The van der Waals surface area contributed by atoms with E-state index in [0.717, 1.165) is 11.8 Å². The van der Waals surface area contributed by atoms with E-state index in [2.05, 4.69) is 125 Å². The molecule has 2 aromatic carbocycles. The highest BCUT2D eigenvalue weighted by Gasteiger charge is 2.52. The van der Waals surface area contributed by atoms with Crippen molar-refractivity contribution in [2.75, 3.05) is 4.43 Å². The molecule has 0 saturated heterocycles. The van der Waals surface area contributed by atoms with E-state index in [1.807, 2.05) is 0 Å². The van der Waals surface area contributed by atoms with Gasteiger partial charge in [-0.05, 0) is 51.9 Å². The van der Waals surface area contributed by atoms with E-state index in [-0.39, 0.29) is 5.04 Å². The third kappa shape index (κ3) is 5.14. The average Bonchev–Trinajstić information content (AvgIpc) is 2.77. The molecule has 1 fully saturated rings. The minimum atomic E-state index is -2.47. The largest absolute Gasteiger partial charge is 0.404 e. The van der Waals surface area contributed by atoms with Crippen LogP contribution in [0.5, 0.6) is 0 Å². The first-order chi connectivity index (χ1) is 14.6. The van der Waals surface area contributed by atoms with Crippen molar-refractivity contribution in [3.05, 3.63) is 60.7 Å². The van der Waals surface area contributed by atoms with Gasteiger partial charge < -0.3 is 4.43 Å². The summed E-state index contributed by atoms with van der Waals surface area (Å²) in [4.78, 5) is 0. The summed E-state index contributed by atoms with van der Waals surface area (Å²) in [7, 11) is -2.47. The Hall–Kier alpha value is -0.653. The van der Waals surface area contributed by atoms with Crippen molar-refractivity contribution < 1.29 is 4.43 Å². The van der Waals surface area contributed by atoms with Crippen LogP contribution in [0.25, 0.3) is 0 Å². The first kappa shape index (κ1) is 25.0. The van der Waals surface area contributed by atoms with Gasteiger partial charge in [0.05, 0.1) is 0 Å². The number of hydrogen-bond donors (Lipinski definition) is 0. The molecular weight excluding hydrogens is 507 g/mol. The molecule has 2 aromatic rings. The maximum atomic E-state index is 7.51. The number of rotatable bonds is 7. The van der Waals surface area contributed by atoms with Gasteiger partial charge in [0, 0.05) is 10.5 Å². The topological polar surface area (TPSA) is 9.23 Å². The molecule has 1 saturated carbocycles. The molecule has 0 spiro atoms. The van der Waals surface area contributed by atoms with Crippen molar-refractivity contribution in [3.63, 3.8) is 0 Å². The van der Waals surface area contributed by atoms with Gasteiger partial charge in [-0.15, -0.1) is 0 Å². The Morgan fingerprint density at radius 3 is 1.97 bits per heavy atom. The van der Waals surface area contributed by atoms with Crippen LogP contribution in [-0.2, 0) is 4.43 Å². The lowest BCUT2D eigenvalue weighted by atomic mass is 9.64. The maximum absolute atomic E-state index is 7.51. The minimum absolute atomic E-state index is 0.0463. The third-order valence-corrected chi connectivity index (χ3v) is 14.4. The average molecular weight is 549 g/mol. The molecule has 0 amide bonds. The van der Waals surface area contributed by atoms with Crippen LogP contribution in [0.4, 0.5) is 0 Å². The quantitative estimate of drug-likeness (QED) is 0.202. The molecule has 0 aromatic heterocycles. The molecule has 3 heteroatoms. The Morgan fingerprint density at radius 2 is 1.52 bits per heavy atom. The van der Waals surface area contributed by atoms with Crippen LogP contribution in [0.3, 0.4) is 0 Å². The van der Waals surface area contributed by atoms with Gasteiger partial charge in [0.25, 0.3) is 8.32 Å². The number of alkyl halides is 1. The van der Waals surface area contributed by atoms with E-state index in [0.29, 0.717) is 11.5 Å². The van der Waals surface area contributed by atoms with Crippen molar-refractivity contribution in [1.82, 2.24) is 0 Å². The first-order valence-electron chi connectivity index (χ1n) is 12.0. The summed E-state index contributed by atoms with van der Waals surface area (Å²) in [6.45, 7) is 14.6. The molecule has 0 aliphatic heterocycles. The van der Waals surface area contributed by atoms with E-state index in [4.69, 9.17) is 4.43 Å². The molecular formula is C28H41IOSi. The zero-order valence-electron chi connectivity index (χ0n) is 20.3. The SMILES string of the molecule is C[C@H](CI)[C@H](C)[C@@]1(C)CCC[C@H](O[Si](c2ccccc2)(c2ccccc2)C(C)(C)C)C1. The summed E-state index contributed by atoms with van der Waals surface area (Å²) in [5.74, 6) is 1.46. The van der Waals surface area contributed by atoms with Crippen molar-refractivity contribution >= 4 is 41.3 Å². The standard InChI is InChI=1S/C28H41IOSi/c1-22(21-29)23(2)28(6)19-13-14-24(20-28)30-31(27(3,4)5,25-15-9-7-10-16-25)26-17-11-8-12-18-26/h7-12,15-18,22-24H,13-14,19-21H2,1-6H3/t22-,23+,24+,28+/m1/s1. The summed E-state index contributed by atoms with van der Waals surface area (Å²) < 4.78 is 8.74. The van der Waals surface area contributed by atoms with Crippen LogP contribution in [-0.4, -0.2) is 18.8 Å². The molecule has 1 aliphatic rings. The van der Waals surface area contributed by atoms with Crippen molar-refractivity contribution in [2.24, 2.45) is 17.3 Å². The molecule has 0 N–H and O–H groups in total. The Balaban J connectivity index is 2.03. The fourth-order valence-electron chi connectivity index (χ4n) is 5.73. The number of benzene rings is 2.